The second kappa shape index (κ2) is 7.34. The second-order valence-corrected chi connectivity index (χ2v) is 5.14. The van der Waals surface area contributed by atoms with Gasteiger partial charge in [0.1, 0.15) is 11.5 Å². The molecule has 23 heavy (non-hydrogen) atoms. The molecule has 0 bridgehead atoms. The maximum Gasteiger partial charge on any atom is 0.323 e. The lowest BCUT2D eigenvalue weighted by atomic mass is 10.1. The van der Waals surface area contributed by atoms with Gasteiger partial charge >= 0.3 is 5.69 Å². The number of carbonyl (C=O) groups excluding carboxylic acids is 1. The molecule has 0 spiro atoms. The number of amides is 1. The smallest absolute Gasteiger partial charge is 0.323 e. The topological polar surface area (TPSA) is 126 Å². The van der Waals surface area contributed by atoms with Gasteiger partial charge in [-0.3, -0.25) is 20.0 Å². The van der Waals surface area contributed by atoms with Crippen molar-refractivity contribution in [3.8, 4) is 0 Å². The summed E-state index contributed by atoms with van der Waals surface area (Å²) in [7, 11) is 0. The number of rotatable bonds is 7. The van der Waals surface area contributed by atoms with Gasteiger partial charge in [0.15, 0.2) is 0 Å². The summed E-state index contributed by atoms with van der Waals surface area (Å²) in [6, 6.07) is 5.44. The molecule has 0 aliphatic heterocycles. The Morgan fingerprint density at radius 2 is 2.17 bits per heavy atom. The summed E-state index contributed by atoms with van der Waals surface area (Å²) < 4.78 is 0. The van der Waals surface area contributed by atoms with Crippen LogP contribution in [0.15, 0.2) is 24.4 Å². The Morgan fingerprint density at radius 3 is 2.78 bits per heavy atom. The van der Waals surface area contributed by atoms with Crippen LogP contribution in [-0.4, -0.2) is 39.1 Å². The molecule has 0 radical (unpaired) electrons. The van der Waals surface area contributed by atoms with Gasteiger partial charge in [-0.1, -0.05) is 19.9 Å². The van der Waals surface area contributed by atoms with Gasteiger partial charge in [0.25, 0.3) is 5.91 Å². The van der Waals surface area contributed by atoms with Crippen molar-refractivity contribution in [3.63, 3.8) is 0 Å². The molecule has 0 aliphatic carbocycles. The van der Waals surface area contributed by atoms with Crippen LogP contribution in [0, 0.1) is 10.1 Å². The molecule has 2 aromatic heterocycles. The maximum atomic E-state index is 12.1. The molecule has 0 aromatic carbocycles. The first-order valence-corrected chi connectivity index (χ1v) is 7.16. The highest BCUT2D eigenvalue weighted by atomic mass is 16.6. The van der Waals surface area contributed by atoms with E-state index >= 15 is 0 Å². The van der Waals surface area contributed by atoms with Crippen LogP contribution >= 0.6 is 0 Å². The first-order chi connectivity index (χ1) is 11.0. The predicted octanol–water partition coefficient (Wildman–Crippen LogP) is 1.68. The average molecular weight is 318 g/mol. The average Bonchev–Trinajstić information content (AvgIpc) is 2.98. The van der Waals surface area contributed by atoms with Crippen LogP contribution in [0.4, 0.5) is 11.5 Å². The van der Waals surface area contributed by atoms with Gasteiger partial charge in [0.05, 0.1) is 4.92 Å². The molecule has 2 rings (SSSR count). The van der Waals surface area contributed by atoms with Crippen LogP contribution in [0.1, 0.15) is 35.9 Å². The van der Waals surface area contributed by atoms with E-state index in [1.165, 1.54) is 0 Å². The number of aromatic nitrogens is 3. The van der Waals surface area contributed by atoms with Crippen molar-refractivity contribution in [2.24, 2.45) is 0 Å². The number of nitrogens with one attached hydrogen (secondary N) is 3. The zero-order chi connectivity index (χ0) is 16.8. The number of anilines is 1. The van der Waals surface area contributed by atoms with E-state index < -0.39 is 10.8 Å². The molecule has 0 aliphatic rings. The molecule has 0 fully saturated rings. The van der Waals surface area contributed by atoms with Gasteiger partial charge in [-0.25, -0.2) is 4.98 Å². The monoisotopic (exact) mass is 318 g/mol. The number of H-pyrrole nitrogens is 1. The second-order valence-electron chi connectivity index (χ2n) is 5.14. The van der Waals surface area contributed by atoms with Crippen molar-refractivity contribution in [1.82, 2.24) is 20.5 Å². The van der Waals surface area contributed by atoms with Crippen LogP contribution < -0.4 is 10.6 Å². The standard InChI is InChI=1S/C14H18N6O3/c1-9(2)11-13(20(22)23)12(19-18-11)14(21)17-8-7-16-10-5-3-4-6-15-10/h3-6,9H,7-8H2,1-2H3,(H,15,16)(H,17,21)(H,18,19). The lowest BCUT2D eigenvalue weighted by Gasteiger charge is -2.06. The van der Waals surface area contributed by atoms with Gasteiger partial charge in [-0.05, 0) is 12.1 Å². The fraction of sp³-hybridized carbons (Fsp3) is 0.357. The lowest BCUT2D eigenvalue weighted by molar-refractivity contribution is -0.385. The third-order valence-electron chi connectivity index (χ3n) is 3.12. The van der Waals surface area contributed by atoms with Crippen LogP contribution in [0.3, 0.4) is 0 Å². The van der Waals surface area contributed by atoms with E-state index in [-0.39, 0.29) is 23.8 Å². The van der Waals surface area contributed by atoms with Crippen molar-refractivity contribution in [3.05, 3.63) is 45.9 Å². The lowest BCUT2D eigenvalue weighted by Crippen LogP contribution is -2.29. The molecule has 0 unspecified atom stereocenters. The number of nitrogens with zero attached hydrogens (tertiary/aromatic N) is 3. The summed E-state index contributed by atoms with van der Waals surface area (Å²) in [6.45, 7) is 4.31. The third kappa shape index (κ3) is 4.02. The molecule has 122 valence electrons. The number of hydrogen-bond donors (Lipinski definition) is 3. The van der Waals surface area contributed by atoms with E-state index in [1.807, 2.05) is 6.07 Å². The number of pyridine rings is 1. The van der Waals surface area contributed by atoms with Crippen molar-refractivity contribution >= 4 is 17.4 Å². The molecule has 2 heterocycles. The van der Waals surface area contributed by atoms with E-state index in [2.05, 4.69) is 25.8 Å². The van der Waals surface area contributed by atoms with Crippen LogP contribution in [0.25, 0.3) is 0 Å². The molecule has 3 N–H and O–H groups in total. The highest BCUT2D eigenvalue weighted by Gasteiger charge is 2.30. The number of aromatic amines is 1. The summed E-state index contributed by atoms with van der Waals surface area (Å²) in [5.74, 6) is -0.0208. The first kappa shape index (κ1) is 16.4. The van der Waals surface area contributed by atoms with E-state index in [1.54, 1.807) is 32.2 Å². The fourth-order valence-corrected chi connectivity index (χ4v) is 2.01. The summed E-state index contributed by atoms with van der Waals surface area (Å²) in [5.41, 5.74) is -0.126. The largest absolute Gasteiger partial charge is 0.368 e. The Balaban J connectivity index is 1.94. The highest BCUT2D eigenvalue weighted by Crippen LogP contribution is 2.27. The molecule has 1 amide bonds. The zero-order valence-corrected chi connectivity index (χ0v) is 12.9. The van der Waals surface area contributed by atoms with Crippen molar-refractivity contribution in [2.75, 3.05) is 18.4 Å². The molecular formula is C14H18N6O3. The van der Waals surface area contributed by atoms with Crippen molar-refractivity contribution in [2.45, 2.75) is 19.8 Å². The zero-order valence-electron chi connectivity index (χ0n) is 12.9. The van der Waals surface area contributed by atoms with Crippen LogP contribution in [-0.2, 0) is 0 Å². The fourth-order valence-electron chi connectivity index (χ4n) is 2.01. The number of nitro groups is 1. The minimum atomic E-state index is -0.583. The molecule has 0 saturated heterocycles. The SMILES string of the molecule is CC(C)c1[nH]nc(C(=O)NCCNc2ccccn2)c1[N+](=O)[O-]. The van der Waals surface area contributed by atoms with Crippen LogP contribution in [0.2, 0.25) is 0 Å². The molecule has 9 nitrogen and oxygen atoms in total. The van der Waals surface area contributed by atoms with Crippen LogP contribution in [0.5, 0.6) is 0 Å². The number of carbonyl (C=O) groups is 1. The Morgan fingerprint density at radius 1 is 1.39 bits per heavy atom. The van der Waals surface area contributed by atoms with Gasteiger partial charge in [0.2, 0.25) is 5.69 Å². The van der Waals surface area contributed by atoms with E-state index in [0.29, 0.717) is 18.1 Å². The third-order valence-corrected chi connectivity index (χ3v) is 3.12. The summed E-state index contributed by atoms with van der Waals surface area (Å²) in [5, 5.41) is 23.2. The van der Waals surface area contributed by atoms with Gasteiger partial charge in [0, 0.05) is 25.2 Å². The van der Waals surface area contributed by atoms with Gasteiger partial charge < -0.3 is 10.6 Å². The predicted molar refractivity (Wildman–Crippen MR) is 84.4 cm³/mol. The minimum Gasteiger partial charge on any atom is -0.368 e. The minimum absolute atomic E-state index is 0.129. The molecule has 9 heteroatoms. The Hall–Kier alpha value is -2.97. The Bertz CT molecular complexity index is 683. The van der Waals surface area contributed by atoms with E-state index in [9.17, 15) is 14.9 Å². The first-order valence-electron chi connectivity index (χ1n) is 7.16. The highest BCUT2D eigenvalue weighted by molar-refractivity contribution is 5.96. The number of hydrogen-bond acceptors (Lipinski definition) is 6. The summed E-state index contributed by atoms with van der Waals surface area (Å²) in [4.78, 5) is 26.7. The summed E-state index contributed by atoms with van der Waals surface area (Å²) >= 11 is 0. The van der Waals surface area contributed by atoms with Crippen molar-refractivity contribution < 1.29 is 9.72 Å². The van der Waals surface area contributed by atoms with Gasteiger partial charge in [-0.2, -0.15) is 5.10 Å². The molecule has 0 saturated carbocycles. The Kier molecular flexibility index (Phi) is 5.23. The molecule has 0 atom stereocenters. The Labute approximate surface area is 132 Å². The quantitative estimate of drug-likeness (QED) is 0.405. The van der Waals surface area contributed by atoms with Gasteiger partial charge in [-0.15, -0.1) is 0 Å². The molecular weight excluding hydrogens is 300 g/mol. The van der Waals surface area contributed by atoms with E-state index in [4.69, 9.17) is 0 Å². The molecule has 2 aromatic rings. The normalized spacial score (nSPS) is 10.6. The maximum absolute atomic E-state index is 12.1. The van der Waals surface area contributed by atoms with Crippen molar-refractivity contribution in [1.29, 1.82) is 0 Å². The van der Waals surface area contributed by atoms with E-state index in [0.717, 1.165) is 0 Å². The summed E-state index contributed by atoms with van der Waals surface area (Å²) in [6.07, 6.45) is 1.65.